The molecule has 3 aromatic carbocycles. The Morgan fingerprint density at radius 1 is 0.955 bits per heavy atom. The average molecular weight is 616 g/mol. The van der Waals surface area contributed by atoms with Crippen molar-refractivity contribution in [2.75, 3.05) is 4.72 Å². The van der Waals surface area contributed by atoms with E-state index in [1.807, 2.05) is 60.7 Å². The van der Waals surface area contributed by atoms with Crippen molar-refractivity contribution in [1.29, 1.82) is 0 Å². The molecule has 0 atom stereocenters. The van der Waals surface area contributed by atoms with E-state index < -0.39 is 15.1 Å². The lowest BCUT2D eigenvalue weighted by Crippen LogP contribution is -2.50. The second-order valence-electron chi connectivity index (χ2n) is 9.09. The van der Waals surface area contributed by atoms with Gasteiger partial charge in [0.25, 0.3) is 15.1 Å². The summed E-state index contributed by atoms with van der Waals surface area (Å²) in [4.78, 5) is 16.7. The van der Waals surface area contributed by atoms with Crippen molar-refractivity contribution in [3.63, 3.8) is 0 Å². The van der Waals surface area contributed by atoms with E-state index in [1.54, 1.807) is 32.0 Å². The molecule has 0 amide bonds. The van der Waals surface area contributed by atoms with Crippen LogP contribution in [0.3, 0.4) is 0 Å². The maximum absolute atomic E-state index is 12.9. The Kier molecular flexibility index (Phi) is 9.35. The minimum atomic E-state index is -3.88. The number of azo groups is 1. The van der Waals surface area contributed by atoms with Crippen molar-refractivity contribution in [2.24, 2.45) is 16.0 Å². The lowest BCUT2D eigenvalue weighted by Gasteiger charge is -2.08. The Morgan fingerprint density at radius 2 is 1.52 bits per heavy atom. The van der Waals surface area contributed by atoms with Crippen LogP contribution in [0.2, 0.25) is 0 Å². The highest BCUT2D eigenvalue weighted by Crippen LogP contribution is 2.39. The first-order valence-electron chi connectivity index (χ1n) is 12.8. The molecule has 16 heteroatoms. The summed E-state index contributed by atoms with van der Waals surface area (Å²) < 4.78 is 29.8. The summed E-state index contributed by atoms with van der Waals surface area (Å²) in [6.45, 7) is 3.46. The predicted molar refractivity (Wildman–Crippen MR) is 161 cm³/mol. The van der Waals surface area contributed by atoms with Gasteiger partial charge in [0.2, 0.25) is 0 Å². The molecule has 6 N–H and O–H groups in total. The molecule has 44 heavy (non-hydrogen) atoms. The number of aromatic nitrogens is 4. The van der Waals surface area contributed by atoms with Crippen LogP contribution in [0.4, 0.5) is 17.2 Å². The van der Waals surface area contributed by atoms with Gasteiger partial charge in [-0.3, -0.25) is 15.9 Å². The summed E-state index contributed by atoms with van der Waals surface area (Å²) in [7, 11) is -3.88. The van der Waals surface area contributed by atoms with Crippen molar-refractivity contribution < 1.29 is 24.1 Å². The zero-order chi connectivity index (χ0) is 31.9. The van der Waals surface area contributed by atoms with Crippen molar-refractivity contribution >= 4 is 33.2 Å². The first-order valence-corrected chi connectivity index (χ1v) is 14.2. The van der Waals surface area contributed by atoms with E-state index in [2.05, 4.69) is 30.0 Å². The summed E-state index contributed by atoms with van der Waals surface area (Å²) in [5.74, 6) is 0.646. The van der Waals surface area contributed by atoms with Gasteiger partial charge >= 0.3 is 5.96 Å². The Labute approximate surface area is 251 Å². The van der Waals surface area contributed by atoms with Crippen LogP contribution in [-0.2, 0) is 10.0 Å². The zero-order valence-corrected chi connectivity index (χ0v) is 24.3. The standard InChI is InChI=1S/C28H25N9O2S.HNO3/c1-18-17-24(32-19(2)31-18)36-40(38,39)23-15-13-22(14-16-23)33-34-26-25(20-9-5-3-6-10-20)35-37(28(29)30)27(26)21-11-7-4-8-12-21;2-1(3)4/h3-17H,1-2H3,(H3,29,30)(H,31,32,36);(H,2,3,4)/p+1. The normalized spacial score (nSPS) is 11.0. The highest BCUT2D eigenvalue weighted by Gasteiger charge is 2.26. The highest BCUT2D eigenvalue weighted by molar-refractivity contribution is 7.92. The topological polar surface area (TPSA) is 229 Å². The third-order valence-electron chi connectivity index (χ3n) is 5.82. The Morgan fingerprint density at radius 3 is 2.07 bits per heavy atom. The number of sulfonamides is 1. The van der Waals surface area contributed by atoms with Crippen molar-refractivity contribution in [3.05, 3.63) is 113 Å². The van der Waals surface area contributed by atoms with Crippen molar-refractivity contribution in [1.82, 2.24) is 19.7 Å². The largest absolute Gasteiger partial charge is 0.370 e. The molecule has 2 aromatic heterocycles. The van der Waals surface area contributed by atoms with Gasteiger partial charge in [-0.2, -0.15) is 5.11 Å². The number of nitrogens with one attached hydrogen (secondary N) is 1. The first-order chi connectivity index (χ1) is 20.9. The number of hydrogen-bond donors (Lipinski definition) is 4. The van der Waals surface area contributed by atoms with Crippen LogP contribution in [0.1, 0.15) is 11.5 Å². The van der Waals surface area contributed by atoms with E-state index in [0.29, 0.717) is 34.3 Å². The summed E-state index contributed by atoms with van der Waals surface area (Å²) in [5, 5.41) is 33.2. The summed E-state index contributed by atoms with van der Waals surface area (Å²) in [6.07, 6.45) is 0. The molecule has 0 aliphatic rings. The molecule has 0 bridgehead atoms. The third-order valence-corrected chi connectivity index (χ3v) is 7.19. The minimum absolute atomic E-state index is 0.0198. The summed E-state index contributed by atoms with van der Waals surface area (Å²) >= 11 is 0. The number of hydrogen-bond acceptors (Lipinski definition) is 9. The van der Waals surface area contributed by atoms with Gasteiger partial charge in [-0.15, -0.1) is 25.0 Å². The Balaban J connectivity index is 0.00000104. The van der Waals surface area contributed by atoms with Crippen LogP contribution >= 0.6 is 0 Å². The number of benzene rings is 3. The number of nitrogens with zero attached hydrogens (tertiary/aromatic N) is 7. The van der Waals surface area contributed by atoms with Gasteiger partial charge in [-0.1, -0.05) is 60.7 Å². The van der Waals surface area contributed by atoms with Crippen LogP contribution < -0.4 is 15.9 Å². The maximum atomic E-state index is 12.9. The minimum Gasteiger partial charge on any atom is -0.328 e. The van der Waals surface area contributed by atoms with Crippen LogP contribution in [0.15, 0.2) is 106 Å². The van der Waals surface area contributed by atoms with Crippen molar-refractivity contribution in [3.8, 4) is 22.5 Å². The van der Waals surface area contributed by atoms with E-state index in [-0.39, 0.29) is 16.7 Å². The lowest BCUT2D eigenvalue weighted by molar-refractivity contribution is -0.742. The van der Waals surface area contributed by atoms with Gasteiger partial charge in [0.1, 0.15) is 17.3 Å². The molecule has 5 aromatic rings. The second kappa shape index (κ2) is 13.3. The van der Waals surface area contributed by atoms with Crippen LogP contribution in [0.25, 0.3) is 22.5 Å². The van der Waals surface area contributed by atoms with Crippen molar-refractivity contribution in [2.45, 2.75) is 18.7 Å². The third kappa shape index (κ3) is 7.62. The molecule has 5 rings (SSSR count). The van der Waals surface area contributed by atoms with E-state index in [4.69, 9.17) is 26.5 Å². The maximum Gasteiger partial charge on any atom is 0.370 e. The quantitative estimate of drug-likeness (QED) is 0.0690. The van der Waals surface area contributed by atoms with Crippen LogP contribution in [0.5, 0.6) is 0 Å². The SMILES string of the molecule is Cc1cc(NS(=O)(=O)c2ccc(N=Nc3c(-c4ccccc4)nn(C(N)=[NH2+])c3-c3ccccc3)cc2)nc(C)n1.O=[N+]([O-])O. The molecule has 0 fully saturated rings. The van der Waals surface area contributed by atoms with E-state index in [1.165, 1.54) is 16.8 Å². The number of nitrogens with two attached hydrogens (primary N) is 2. The van der Waals surface area contributed by atoms with E-state index in [0.717, 1.165) is 11.1 Å². The molecule has 224 valence electrons. The number of rotatable bonds is 7. The molecule has 2 heterocycles. The Hall–Kier alpha value is -6.03. The first kappa shape index (κ1) is 30.9. The summed E-state index contributed by atoms with van der Waals surface area (Å²) in [6, 6.07) is 26.6. The van der Waals surface area contributed by atoms with Gasteiger partial charge in [-0.05, 0) is 38.1 Å². The fraction of sp³-hybridized carbons (Fsp3) is 0.0714. The van der Waals surface area contributed by atoms with Gasteiger partial charge in [0.15, 0.2) is 11.4 Å². The molecule has 0 spiro atoms. The van der Waals surface area contributed by atoms with Gasteiger partial charge in [0, 0.05) is 22.9 Å². The molecule has 0 unspecified atom stereocenters. The molecule has 0 aliphatic heterocycles. The van der Waals surface area contributed by atoms with Gasteiger partial charge < -0.3 is 5.21 Å². The highest BCUT2D eigenvalue weighted by atomic mass is 32.2. The number of anilines is 1. The average Bonchev–Trinajstić information content (AvgIpc) is 3.36. The van der Waals surface area contributed by atoms with E-state index in [9.17, 15) is 8.42 Å². The molecular formula is C28H27N10O5S+. The monoisotopic (exact) mass is 615 g/mol. The van der Waals surface area contributed by atoms with Crippen LogP contribution in [0, 0.1) is 24.0 Å². The Bertz CT molecular complexity index is 1910. The molecule has 15 nitrogen and oxygen atoms in total. The van der Waals surface area contributed by atoms with E-state index >= 15 is 0 Å². The van der Waals surface area contributed by atoms with Gasteiger partial charge in [0.05, 0.1) is 10.6 Å². The lowest BCUT2D eigenvalue weighted by atomic mass is 10.1. The summed E-state index contributed by atoms with van der Waals surface area (Å²) in [5.41, 5.74) is 10.3. The smallest absolute Gasteiger partial charge is 0.328 e. The molecule has 0 aliphatic carbocycles. The fourth-order valence-electron chi connectivity index (χ4n) is 4.10. The fourth-order valence-corrected chi connectivity index (χ4v) is 5.09. The second-order valence-corrected chi connectivity index (χ2v) is 10.8. The van der Waals surface area contributed by atoms with Crippen LogP contribution in [-0.4, -0.2) is 44.4 Å². The number of aryl methyl sites for hydroxylation is 2. The molecule has 0 radical (unpaired) electrons. The molecular weight excluding hydrogens is 588 g/mol. The predicted octanol–water partition coefficient (Wildman–Crippen LogP) is 3.41. The van der Waals surface area contributed by atoms with Gasteiger partial charge in [-0.25, -0.2) is 18.4 Å². The molecule has 0 saturated heterocycles. The molecule has 0 saturated carbocycles. The zero-order valence-electron chi connectivity index (χ0n) is 23.4.